The molecule has 0 saturated carbocycles. The number of nitrogens with zero attached hydrogens (tertiary/aromatic N) is 2. The van der Waals surface area contributed by atoms with Crippen LogP contribution in [0.5, 0.6) is 0 Å². The number of aryl methyl sites for hydroxylation is 1. The fourth-order valence-electron chi connectivity index (χ4n) is 2.40. The molecule has 0 radical (unpaired) electrons. The van der Waals surface area contributed by atoms with Crippen LogP contribution in [0.4, 0.5) is 0 Å². The molecule has 3 rings (SSSR count). The molecule has 1 aromatic carbocycles. The van der Waals surface area contributed by atoms with Gasteiger partial charge in [-0.05, 0) is 12.5 Å². The number of thiazole rings is 1. The molecule has 0 spiro atoms. The zero-order chi connectivity index (χ0) is 14.7. The molecule has 0 atom stereocenters. The molecule has 5 heteroatoms. The first-order valence-electron chi connectivity index (χ1n) is 7.22. The monoisotopic (exact) mass is 301 g/mol. The molecule has 2 heterocycles. The Bertz CT molecular complexity index is 615. The van der Waals surface area contributed by atoms with Crippen molar-refractivity contribution in [3.05, 3.63) is 51.5 Å². The molecule has 1 fully saturated rings. The van der Waals surface area contributed by atoms with Crippen LogP contribution < -0.4 is 5.32 Å². The highest BCUT2D eigenvalue weighted by Crippen LogP contribution is 2.16. The summed E-state index contributed by atoms with van der Waals surface area (Å²) in [6.45, 7) is 5.35. The molecule has 1 aromatic heterocycles. The van der Waals surface area contributed by atoms with Crippen molar-refractivity contribution < 1.29 is 4.79 Å². The van der Waals surface area contributed by atoms with E-state index in [9.17, 15) is 4.79 Å². The number of amides is 1. The van der Waals surface area contributed by atoms with Crippen molar-refractivity contribution in [3.8, 4) is 0 Å². The van der Waals surface area contributed by atoms with Crippen molar-refractivity contribution >= 4 is 17.2 Å². The Morgan fingerprint density at radius 3 is 2.71 bits per heavy atom. The zero-order valence-electron chi connectivity index (χ0n) is 12.1. The quantitative estimate of drug-likeness (QED) is 0.944. The summed E-state index contributed by atoms with van der Waals surface area (Å²) < 4.78 is 0. The van der Waals surface area contributed by atoms with Gasteiger partial charge in [0.15, 0.2) is 0 Å². The third-order valence-corrected chi connectivity index (χ3v) is 4.50. The number of piperazine rings is 1. The lowest BCUT2D eigenvalue weighted by atomic mass is 10.1. The summed E-state index contributed by atoms with van der Waals surface area (Å²) >= 11 is 1.57. The van der Waals surface area contributed by atoms with E-state index < -0.39 is 0 Å². The molecule has 2 aromatic rings. The Morgan fingerprint density at radius 1 is 1.29 bits per heavy atom. The lowest BCUT2D eigenvalue weighted by Gasteiger charge is -2.26. The topological polar surface area (TPSA) is 45.2 Å². The maximum Gasteiger partial charge on any atom is 0.273 e. The third kappa shape index (κ3) is 3.49. The van der Waals surface area contributed by atoms with Gasteiger partial charge in [-0.2, -0.15) is 0 Å². The summed E-state index contributed by atoms with van der Waals surface area (Å²) in [5, 5.41) is 6.13. The van der Waals surface area contributed by atoms with Crippen LogP contribution in [0.15, 0.2) is 29.6 Å². The van der Waals surface area contributed by atoms with E-state index in [2.05, 4.69) is 41.5 Å². The fraction of sp³-hybridized carbons (Fsp3) is 0.375. The van der Waals surface area contributed by atoms with Crippen molar-refractivity contribution in [2.24, 2.45) is 0 Å². The standard InChI is InChI=1S/C16H19N3OS/c1-12-2-4-13(5-3-12)10-15-18-14(11-21-15)16(20)19-8-6-17-7-9-19/h2-5,11,17H,6-10H2,1H3. The Morgan fingerprint density at radius 2 is 2.00 bits per heavy atom. The predicted molar refractivity (Wildman–Crippen MR) is 84.9 cm³/mol. The first-order valence-corrected chi connectivity index (χ1v) is 8.10. The van der Waals surface area contributed by atoms with Gasteiger partial charge in [-0.1, -0.05) is 29.8 Å². The molecule has 0 aliphatic carbocycles. The molecule has 21 heavy (non-hydrogen) atoms. The van der Waals surface area contributed by atoms with Gasteiger partial charge in [0.2, 0.25) is 0 Å². The van der Waals surface area contributed by atoms with Gasteiger partial charge < -0.3 is 10.2 Å². The van der Waals surface area contributed by atoms with Gasteiger partial charge in [0, 0.05) is 38.0 Å². The van der Waals surface area contributed by atoms with Crippen molar-refractivity contribution in [1.29, 1.82) is 0 Å². The second-order valence-corrected chi connectivity index (χ2v) is 6.27. The first kappa shape index (κ1) is 14.2. The molecule has 1 amide bonds. The summed E-state index contributed by atoms with van der Waals surface area (Å²) in [7, 11) is 0. The summed E-state index contributed by atoms with van der Waals surface area (Å²) in [5.41, 5.74) is 3.08. The normalized spacial score (nSPS) is 15.2. The SMILES string of the molecule is Cc1ccc(Cc2nc(C(=O)N3CCNCC3)cs2)cc1. The average molecular weight is 301 g/mol. The highest BCUT2D eigenvalue weighted by atomic mass is 32.1. The number of carbonyl (C=O) groups excluding carboxylic acids is 1. The minimum absolute atomic E-state index is 0.0582. The molecule has 1 aliphatic rings. The smallest absolute Gasteiger partial charge is 0.273 e. The Balaban J connectivity index is 1.68. The predicted octanol–water partition coefficient (Wildman–Crippen LogP) is 2.09. The van der Waals surface area contributed by atoms with E-state index in [0.717, 1.165) is 37.6 Å². The van der Waals surface area contributed by atoms with Crippen LogP contribution in [0, 0.1) is 6.92 Å². The largest absolute Gasteiger partial charge is 0.335 e. The van der Waals surface area contributed by atoms with Crippen LogP contribution in [0.2, 0.25) is 0 Å². The molecule has 110 valence electrons. The Labute approximate surface area is 128 Å². The summed E-state index contributed by atoms with van der Waals surface area (Å²) in [4.78, 5) is 18.7. The summed E-state index contributed by atoms with van der Waals surface area (Å²) in [6.07, 6.45) is 0.791. The number of benzene rings is 1. The number of nitrogens with one attached hydrogen (secondary N) is 1. The van der Waals surface area contributed by atoms with Gasteiger partial charge in [-0.25, -0.2) is 4.98 Å². The number of carbonyl (C=O) groups is 1. The van der Waals surface area contributed by atoms with Crippen LogP contribution in [0.3, 0.4) is 0 Å². The molecule has 1 saturated heterocycles. The van der Waals surface area contributed by atoms with E-state index in [-0.39, 0.29) is 5.91 Å². The van der Waals surface area contributed by atoms with Gasteiger partial charge in [0.25, 0.3) is 5.91 Å². The van der Waals surface area contributed by atoms with Crippen molar-refractivity contribution in [3.63, 3.8) is 0 Å². The van der Waals surface area contributed by atoms with E-state index in [4.69, 9.17) is 0 Å². The Hall–Kier alpha value is -1.72. The van der Waals surface area contributed by atoms with E-state index in [1.807, 2.05) is 10.3 Å². The van der Waals surface area contributed by atoms with E-state index in [0.29, 0.717) is 5.69 Å². The van der Waals surface area contributed by atoms with Crippen molar-refractivity contribution in [1.82, 2.24) is 15.2 Å². The van der Waals surface area contributed by atoms with Crippen LogP contribution in [-0.2, 0) is 6.42 Å². The highest BCUT2D eigenvalue weighted by molar-refractivity contribution is 7.09. The van der Waals surface area contributed by atoms with Gasteiger partial charge >= 0.3 is 0 Å². The fourth-order valence-corrected chi connectivity index (χ4v) is 3.20. The number of aromatic nitrogens is 1. The maximum absolute atomic E-state index is 12.4. The second-order valence-electron chi connectivity index (χ2n) is 5.33. The maximum atomic E-state index is 12.4. The first-order chi connectivity index (χ1) is 10.2. The van der Waals surface area contributed by atoms with Crippen LogP contribution >= 0.6 is 11.3 Å². The second kappa shape index (κ2) is 6.37. The number of rotatable bonds is 3. The lowest BCUT2D eigenvalue weighted by molar-refractivity contribution is 0.0730. The minimum Gasteiger partial charge on any atom is -0.335 e. The number of hydrogen-bond donors (Lipinski definition) is 1. The molecule has 4 nitrogen and oxygen atoms in total. The van der Waals surface area contributed by atoms with Gasteiger partial charge in [-0.3, -0.25) is 4.79 Å². The van der Waals surface area contributed by atoms with Gasteiger partial charge in [-0.15, -0.1) is 11.3 Å². The molecule has 1 aliphatic heterocycles. The lowest BCUT2D eigenvalue weighted by Crippen LogP contribution is -2.46. The highest BCUT2D eigenvalue weighted by Gasteiger charge is 2.20. The number of hydrogen-bond acceptors (Lipinski definition) is 4. The Kier molecular flexibility index (Phi) is 4.31. The van der Waals surface area contributed by atoms with Crippen molar-refractivity contribution in [2.75, 3.05) is 26.2 Å². The van der Waals surface area contributed by atoms with E-state index in [1.165, 1.54) is 11.1 Å². The zero-order valence-corrected chi connectivity index (χ0v) is 12.9. The van der Waals surface area contributed by atoms with Crippen molar-refractivity contribution in [2.45, 2.75) is 13.3 Å². The molecule has 1 N–H and O–H groups in total. The van der Waals surface area contributed by atoms with E-state index in [1.54, 1.807) is 11.3 Å². The van der Waals surface area contributed by atoms with Gasteiger partial charge in [0.1, 0.15) is 5.69 Å². The molecular formula is C16H19N3OS. The van der Waals surface area contributed by atoms with Gasteiger partial charge in [0.05, 0.1) is 5.01 Å². The summed E-state index contributed by atoms with van der Waals surface area (Å²) in [6, 6.07) is 8.45. The van der Waals surface area contributed by atoms with Crippen LogP contribution in [-0.4, -0.2) is 42.0 Å². The third-order valence-electron chi connectivity index (χ3n) is 3.65. The average Bonchev–Trinajstić information content (AvgIpc) is 2.98. The summed E-state index contributed by atoms with van der Waals surface area (Å²) in [5.74, 6) is 0.0582. The molecule has 0 unspecified atom stereocenters. The molecule has 0 bridgehead atoms. The van der Waals surface area contributed by atoms with Crippen LogP contribution in [0.25, 0.3) is 0 Å². The minimum atomic E-state index is 0.0582. The van der Waals surface area contributed by atoms with Crippen LogP contribution in [0.1, 0.15) is 26.6 Å². The van der Waals surface area contributed by atoms with E-state index >= 15 is 0 Å². The molecular weight excluding hydrogens is 282 g/mol.